The predicted octanol–water partition coefficient (Wildman–Crippen LogP) is 3.42. The molecule has 2 heterocycles. The van der Waals surface area contributed by atoms with Gasteiger partial charge in [0.1, 0.15) is 0 Å². The summed E-state index contributed by atoms with van der Waals surface area (Å²) in [5.41, 5.74) is 0.654. The van der Waals surface area contributed by atoms with Gasteiger partial charge in [0, 0.05) is 30.7 Å². The van der Waals surface area contributed by atoms with Crippen LogP contribution in [0.4, 0.5) is 0 Å². The van der Waals surface area contributed by atoms with Crippen LogP contribution in [0.3, 0.4) is 0 Å². The summed E-state index contributed by atoms with van der Waals surface area (Å²) in [6.07, 6.45) is 11.1. The van der Waals surface area contributed by atoms with Crippen LogP contribution in [0.25, 0.3) is 0 Å². The zero-order chi connectivity index (χ0) is 16.7. The normalized spacial score (nSPS) is 14.5. The minimum atomic E-state index is -0.326. The highest BCUT2D eigenvalue weighted by molar-refractivity contribution is 7.11. The molecule has 0 fully saturated rings. The summed E-state index contributed by atoms with van der Waals surface area (Å²) in [5, 5.41) is 12.2. The van der Waals surface area contributed by atoms with Crippen molar-refractivity contribution in [3.05, 3.63) is 15.6 Å². The number of nitrogens with zero attached hydrogens (tertiary/aromatic N) is 3. The first-order chi connectivity index (χ1) is 11.1. The van der Waals surface area contributed by atoms with Gasteiger partial charge in [-0.1, -0.05) is 13.3 Å². The van der Waals surface area contributed by atoms with Crippen LogP contribution in [-0.4, -0.2) is 23.1 Å². The molecule has 1 aromatic heterocycles. The lowest BCUT2D eigenvalue weighted by Crippen LogP contribution is -2.29. The third kappa shape index (κ3) is 5.43. The van der Waals surface area contributed by atoms with Gasteiger partial charge in [-0.05, 0) is 19.8 Å². The molecule has 0 spiro atoms. The van der Waals surface area contributed by atoms with Crippen LogP contribution in [-0.2, 0) is 17.6 Å². The van der Waals surface area contributed by atoms with E-state index < -0.39 is 0 Å². The van der Waals surface area contributed by atoms with Crippen LogP contribution in [0.1, 0.15) is 54.6 Å². The van der Waals surface area contributed by atoms with Gasteiger partial charge in [0.2, 0.25) is 5.91 Å². The largest absolute Gasteiger partial charge is 0.356 e. The average Bonchev–Trinajstić information content (AvgIpc) is 3.21. The van der Waals surface area contributed by atoms with E-state index in [-0.39, 0.29) is 11.6 Å². The monoisotopic (exact) mass is 332 g/mol. The van der Waals surface area contributed by atoms with Crippen LogP contribution in [0, 0.1) is 19.3 Å². The van der Waals surface area contributed by atoms with Gasteiger partial charge in [-0.2, -0.15) is 10.2 Å². The summed E-state index contributed by atoms with van der Waals surface area (Å²) >= 11 is 1.66. The molecule has 1 amide bonds. The molecule has 6 heteroatoms. The van der Waals surface area contributed by atoms with Gasteiger partial charge < -0.3 is 5.32 Å². The lowest BCUT2D eigenvalue weighted by Gasteiger charge is -2.09. The van der Waals surface area contributed by atoms with E-state index in [1.807, 2.05) is 6.92 Å². The van der Waals surface area contributed by atoms with Crippen molar-refractivity contribution in [1.29, 1.82) is 0 Å². The fraction of sp³-hybridized carbons (Fsp3) is 0.647. The molecule has 1 aromatic rings. The van der Waals surface area contributed by atoms with Gasteiger partial charge in [0.15, 0.2) is 5.66 Å². The van der Waals surface area contributed by atoms with E-state index in [9.17, 15) is 4.79 Å². The fourth-order valence-electron chi connectivity index (χ4n) is 2.37. The van der Waals surface area contributed by atoms with Crippen LogP contribution in [0.15, 0.2) is 10.2 Å². The zero-order valence-corrected chi connectivity index (χ0v) is 14.7. The molecule has 0 aliphatic carbocycles. The zero-order valence-electron chi connectivity index (χ0n) is 13.9. The molecular formula is C17H24N4OS. The molecule has 1 N–H and O–H groups in total. The number of nitrogens with one attached hydrogen (secondary N) is 1. The Kier molecular flexibility index (Phi) is 6.28. The highest BCUT2D eigenvalue weighted by Gasteiger charge is 2.38. The van der Waals surface area contributed by atoms with Gasteiger partial charge in [0.05, 0.1) is 17.1 Å². The number of rotatable bonds is 10. The molecule has 5 nitrogen and oxygen atoms in total. The Morgan fingerprint density at radius 1 is 1.39 bits per heavy atom. The Balaban J connectivity index is 1.73. The minimum absolute atomic E-state index is 0.0338. The van der Waals surface area contributed by atoms with Crippen LogP contribution >= 0.6 is 11.3 Å². The molecule has 1 aliphatic rings. The first kappa shape index (κ1) is 17.6. The maximum absolute atomic E-state index is 12.1. The van der Waals surface area contributed by atoms with E-state index in [0.29, 0.717) is 19.4 Å². The SMILES string of the molecule is C#CCCC1(CCNC(=O)Cc2sc(CCCC)nc2C)N=N1. The maximum Gasteiger partial charge on any atom is 0.225 e. The summed E-state index contributed by atoms with van der Waals surface area (Å²) in [7, 11) is 0. The molecular weight excluding hydrogens is 308 g/mol. The smallest absolute Gasteiger partial charge is 0.225 e. The second kappa shape index (κ2) is 8.21. The van der Waals surface area contributed by atoms with Gasteiger partial charge in [-0.15, -0.1) is 23.7 Å². The van der Waals surface area contributed by atoms with Gasteiger partial charge >= 0.3 is 0 Å². The van der Waals surface area contributed by atoms with Crippen LogP contribution < -0.4 is 5.32 Å². The Labute approximate surface area is 142 Å². The van der Waals surface area contributed by atoms with E-state index in [4.69, 9.17) is 6.42 Å². The number of carbonyl (C=O) groups excluding carboxylic acids is 1. The second-order valence-electron chi connectivity index (χ2n) is 5.88. The number of carbonyl (C=O) groups is 1. The molecule has 0 aromatic carbocycles. The number of thiazole rings is 1. The van der Waals surface area contributed by atoms with Crippen molar-refractivity contribution in [2.45, 2.75) is 64.5 Å². The lowest BCUT2D eigenvalue weighted by atomic mass is 10.0. The molecule has 0 bridgehead atoms. The summed E-state index contributed by atoms with van der Waals surface area (Å²) < 4.78 is 0. The van der Waals surface area contributed by atoms with Crippen molar-refractivity contribution in [3.8, 4) is 12.3 Å². The first-order valence-corrected chi connectivity index (χ1v) is 8.99. The van der Waals surface area contributed by atoms with Crippen molar-refractivity contribution in [2.75, 3.05) is 6.54 Å². The molecule has 0 radical (unpaired) electrons. The summed E-state index contributed by atoms with van der Waals surface area (Å²) in [5.74, 6) is 2.64. The Morgan fingerprint density at radius 2 is 2.17 bits per heavy atom. The van der Waals surface area contributed by atoms with Crippen LogP contribution in [0.5, 0.6) is 0 Å². The van der Waals surface area contributed by atoms with Crippen molar-refractivity contribution >= 4 is 17.2 Å². The molecule has 0 saturated heterocycles. The van der Waals surface area contributed by atoms with E-state index in [1.165, 1.54) is 0 Å². The van der Waals surface area contributed by atoms with Crippen LogP contribution in [0.2, 0.25) is 0 Å². The van der Waals surface area contributed by atoms with E-state index in [0.717, 1.165) is 47.7 Å². The van der Waals surface area contributed by atoms with Crippen molar-refractivity contribution in [3.63, 3.8) is 0 Å². The van der Waals surface area contributed by atoms with Gasteiger partial charge in [-0.25, -0.2) is 4.98 Å². The Hall–Kier alpha value is -1.74. The third-order valence-corrected chi connectivity index (χ3v) is 5.12. The number of hydrogen-bond acceptors (Lipinski definition) is 5. The van der Waals surface area contributed by atoms with Crippen molar-refractivity contribution < 1.29 is 4.79 Å². The second-order valence-corrected chi connectivity index (χ2v) is 7.05. The fourth-order valence-corrected chi connectivity index (χ4v) is 3.48. The first-order valence-electron chi connectivity index (χ1n) is 8.18. The predicted molar refractivity (Wildman–Crippen MR) is 92.4 cm³/mol. The maximum atomic E-state index is 12.1. The third-order valence-electron chi connectivity index (χ3n) is 3.90. The minimum Gasteiger partial charge on any atom is -0.356 e. The number of hydrogen-bond donors (Lipinski definition) is 1. The van der Waals surface area contributed by atoms with E-state index in [1.54, 1.807) is 11.3 Å². The molecule has 1 aliphatic heterocycles. The molecule has 0 saturated carbocycles. The van der Waals surface area contributed by atoms with Gasteiger partial charge in [0.25, 0.3) is 0 Å². The highest BCUT2D eigenvalue weighted by atomic mass is 32.1. The molecule has 2 rings (SSSR count). The quantitative estimate of drug-likeness (QED) is 0.667. The summed E-state index contributed by atoms with van der Waals surface area (Å²) in [6.45, 7) is 4.73. The van der Waals surface area contributed by atoms with Crippen molar-refractivity contribution in [2.24, 2.45) is 10.2 Å². The summed E-state index contributed by atoms with van der Waals surface area (Å²) in [4.78, 5) is 17.7. The number of amides is 1. The van der Waals surface area contributed by atoms with E-state index >= 15 is 0 Å². The number of aromatic nitrogens is 1. The average molecular weight is 332 g/mol. The Morgan fingerprint density at radius 3 is 2.83 bits per heavy atom. The topological polar surface area (TPSA) is 66.7 Å². The number of aryl methyl sites for hydroxylation is 2. The van der Waals surface area contributed by atoms with Gasteiger partial charge in [-0.3, -0.25) is 4.79 Å². The standard InChI is InChI=1S/C17H24N4OS/c1-4-6-8-16-19-13(3)14(23-16)12-15(22)18-11-10-17(20-21-17)9-7-5-2/h2H,4,6-12H2,1,3H3,(H,18,22). The number of unbranched alkanes of at least 4 members (excludes halogenated alkanes) is 1. The Bertz CT molecular complexity index is 609. The molecule has 0 atom stereocenters. The molecule has 124 valence electrons. The van der Waals surface area contributed by atoms with E-state index in [2.05, 4.69) is 33.4 Å². The molecule has 0 unspecified atom stereocenters. The molecule has 23 heavy (non-hydrogen) atoms. The summed E-state index contributed by atoms with van der Waals surface area (Å²) in [6, 6.07) is 0. The lowest BCUT2D eigenvalue weighted by molar-refractivity contribution is -0.120. The highest BCUT2D eigenvalue weighted by Crippen LogP contribution is 2.36. The number of terminal acetylenes is 1. The van der Waals surface area contributed by atoms with Crippen molar-refractivity contribution in [1.82, 2.24) is 10.3 Å².